The summed E-state index contributed by atoms with van der Waals surface area (Å²) in [5, 5.41) is 12.2. The summed E-state index contributed by atoms with van der Waals surface area (Å²) in [6.45, 7) is 0.234. The third kappa shape index (κ3) is 5.17. The predicted molar refractivity (Wildman–Crippen MR) is 71.3 cm³/mol. The van der Waals surface area contributed by atoms with Gasteiger partial charge in [-0.25, -0.2) is 8.42 Å². The van der Waals surface area contributed by atoms with E-state index in [2.05, 4.69) is 5.32 Å². The number of rotatable bonds is 6. The highest BCUT2D eigenvalue weighted by Crippen LogP contribution is 2.23. The number of phenolic OH excluding ortho intramolecular Hbond substituents is 1. The van der Waals surface area contributed by atoms with Gasteiger partial charge < -0.3 is 15.2 Å². The van der Waals surface area contributed by atoms with Crippen molar-refractivity contribution in [1.82, 2.24) is 5.32 Å². The largest absolute Gasteiger partial charge is 0.507 e. The predicted octanol–water partition coefficient (Wildman–Crippen LogP) is 0.565. The van der Waals surface area contributed by atoms with E-state index in [1.165, 1.54) is 19.2 Å². The summed E-state index contributed by atoms with van der Waals surface area (Å²) in [7, 11) is -1.56. The molecule has 0 atom stereocenters. The van der Waals surface area contributed by atoms with Gasteiger partial charge in [-0.05, 0) is 18.6 Å². The number of carbonyl (C=O) groups is 1. The molecule has 0 aromatic heterocycles. The summed E-state index contributed by atoms with van der Waals surface area (Å²) in [5.41, 5.74) is 0.125. The molecule has 0 saturated carbocycles. The Morgan fingerprint density at radius 2 is 2.11 bits per heavy atom. The second-order valence-electron chi connectivity index (χ2n) is 4.12. The number of amides is 1. The lowest BCUT2D eigenvalue weighted by molar-refractivity contribution is 0.0951. The number of carbonyl (C=O) groups excluding carboxylic acids is 1. The summed E-state index contributed by atoms with van der Waals surface area (Å²) in [6, 6.07) is 4.34. The molecule has 106 valence electrons. The van der Waals surface area contributed by atoms with Gasteiger partial charge in [0, 0.05) is 18.9 Å². The standard InChI is InChI=1S/C12H17NO5S/c1-18-9-4-5-10(11(14)8-9)12(15)13-6-3-7-19(2,16)17/h4-5,8,14H,3,6-7H2,1-2H3,(H,13,15). The Hall–Kier alpha value is -1.76. The van der Waals surface area contributed by atoms with Gasteiger partial charge in [-0.1, -0.05) is 0 Å². The quantitative estimate of drug-likeness (QED) is 0.746. The highest BCUT2D eigenvalue weighted by Gasteiger charge is 2.11. The first kappa shape index (κ1) is 15.3. The van der Waals surface area contributed by atoms with Crippen LogP contribution in [0.25, 0.3) is 0 Å². The Kier molecular flexibility index (Phi) is 5.17. The minimum atomic E-state index is -3.02. The van der Waals surface area contributed by atoms with Crippen LogP contribution in [0.1, 0.15) is 16.8 Å². The third-order valence-corrected chi connectivity index (χ3v) is 3.46. The molecule has 0 bridgehead atoms. The molecule has 1 rings (SSSR count). The molecule has 0 aliphatic heterocycles. The zero-order chi connectivity index (χ0) is 14.5. The van der Waals surface area contributed by atoms with Crippen LogP contribution in [0.15, 0.2) is 18.2 Å². The van der Waals surface area contributed by atoms with Crippen molar-refractivity contribution >= 4 is 15.7 Å². The Morgan fingerprint density at radius 3 is 2.63 bits per heavy atom. The number of aromatic hydroxyl groups is 1. The highest BCUT2D eigenvalue weighted by atomic mass is 32.2. The number of ether oxygens (including phenoxy) is 1. The number of sulfone groups is 1. The van der Waals surface area contributed by atoms with Crippen LogP contribution in [0, 0.1) is 0 Å². The van der Waals surface area contributed by atoms with E-state index in [0.717, 1.165) is 6.26 Å². The number of hydrogen-bond acceptors (Lipinski definition) is 5. The fourth-order valence-electron chi connectivity index (χ4n) is 1.46. The molecule has 7 heteroatoms. The van der Waals surface area contributed by atoms with Gasteiger partial charge in [0.15, 0.2) is 0 Å². The monoisotopic (exact) mass is 287 g/mol. The van der Waals surface area contributed by atoms with Gasteiger partial charge in [-0.15, -0.1) is 0 Å². The molecule has 2 N–H and O–H groups in total. The fraction of sp³-hybridized carbons (Fsp3) is 0.417. The molecule has 0 heterocycles. The molecule has 19 heavy (non-hydrogen) atoms. The van der Waals surface area contributed by atoms with E-state index in [-0.39, 0.29) is 23.6 Å². The van der Waals surface area contributed by atoms with E-state index in [1.807, 2.05) is 0 Å². The van der Waals surface area contributed by atoms with Crippen LogP contribution in [0.3, 0.4) is 0 Å². The molecule has 0 radical (unpaired) electrons. The van der Waals surface area contributed by atoms with E-state index < -0.39 is 15.7 Å². The molecule has 0 aliphatic rings. The highest BCUT2D eigenvalue weighted by molar-refractivity contribution is 7.90. The van der Waals surface area contributed by atoms with Gasteiger partial charge in [-0.3, -0.25) is 4.79 Å². The van der Waals surface area contributed by atoms with E-state index >= 15 is 0 Å². The lowest BCUT2D eigenvalue weighted by Gasteiger charge is -2.07. The van der Waals surface area contributed by atoms with Crippen molar-refractivity contribution in [2.75, 3.05) is 25.7 Å². The summed E-state index contributed by atoms with van der Waals surface area (Å²) in [4.78, 5) is 11.7. The smallest absolute Gasteiger partial charge is 0.255 e. The lowest BCUT2D eigenvalue weighted by Crippen LogP contribution is -2.25. The first-order valence-corrected chi connectivity index (χ1v) is 7.72. The zero-order valence-electron chi connectivity index (χ0n) is 10.8. The number of hydrogen-bond donors (Lipinski definition) is 2. The third-order valence-electron chi connectivity index (χ3n) is 2.43. The molecule has 1 aromatic rings. The van der Waals surface area contributed by atoms with Crippen molar-refractivity contribution < 1.29 is 23.1 Å². The molecule has 6 nitrogen and oxygen atoms in total. The maximum absolute atomic E-state index is 11.7. The van der Waals surface area contributed by atoms with Crippen LogP contribution < -0.4 is 10.1 Å². The van der Waals surface area contributed by atoms with Gasteiger partial charge in [0.1, 0.15) is 21.3 Å². The van der Waals surface area contributed by atoms with Gasteiger partial charge >= 0.3 is 0 Å². The van der Waals surface area contributed by atoms with Crippen molar-refractivity contribution in [2.45, 2.75) is 6.42 Å². The van der Waals surface area contributed by atoms with Gasteiger partial charge in [0.25, 0.3) is 5.91 Å². The molecule has 0 saturated heterocycles. The average Bonchev–Trinajstić information content (AvgIpc) is 2.33. The van der Waals surface area contributed by atoms with Crippen LogP contribution in [0.5, 0.6) is 11.5 Å². The second-order valence-corrected chi connectivity index (χ2v) is 6.38. The fourth-order valence-corrected chi connectivity index (χ4v) is 2.13. The Balaban J connectivity index is 2.54. The molecule has 1 amide bonds. The van der Waals surface area contributed by atoms with E-state index in [4.69, 9.17) is 4.74 Å². The molecule has 0 spiro atoms. The van der Waals surface area contributed by atoms with Crippen LogP contribution >= 0.6 is 0 Å². The Morgan fingerprint density at radius 1 is 1.42 bits per heavy atom. The van der Waals surface area contributed by atoms with E-state index in [1.54, 1.807) is 6.07 Å². The number of benzene rings is 1. The average molecular weight is 287 g/mol. The topological polar surface area (TPSA) is 92.7 Å². The summed E-state index contributed by atoms with van der Waals surface area (Å²) < 4.78 is 26.7. The number of nitrogens with one attached hydrogen (secondary N) is 1. The second kappa shape index (κ2) is 6.42. The maximum Gasteiger partial charge on any atom is 0.255 e. The zero-order valence-corrected chi connectivity index (χ0v) is 11.7. The number of methoxy groups -OCH3 is 1. The molecule has 0 fully saturated rings. The van der Waals surface area contributed by atoms with Gasteiger partial charge in [0.2, 0.25) is 0 Å². The summed E-state index contributed by atoms with van der Waals surface area (Å²) in [6.07, 6.45) is 1.48. The van der Waals surface area contributed by atoms with Crippen LogP contribution in [-0.4, -0.2) is 45.1 Å². The van der Waals surface area contributed by atoms with Crippen molar-refractivity contribution in [3.05, 3.63) is 23.8 Å². The molecular weight excluding hydrogens is 270 g/mol. The normalized spacial score (nSPS) is 11.1. The van der Waals surface area contributed by atoms with Crippen LogP contribution in [0.4, 0.5) is 0 Å². The number of phenols is 1. The molecular formula is C12H17NO5S. The van der Waals surface area contributed by atoms with Crippen LogP contribution in [-0.2, 0) is 9.84 Å². The Bertz CT molecular complexity index is 553. The lowest BCUT2D eigenvalue weighted by atomic mass is 10.2. The first-order valence-electron chi connectivity index (χ1n) is 5.66. The van der Waals surface area contributed by atoms with Crippen LogP contribution in [0.2, 0.25) is 0 Å². The van der Waals surface area contributed by atoms with Gasteiger partial charge in [-0.2, -0.15) is 0 Å². The minimum absolute atomic E-state index is 0.0157. The van der Waals surface area contributed by atoms with Crippen molar-refractivity contribution in [2.24, 2.45) is 0 Å². The van der Waals surface area contributed by atoms with E-state index in [0.29, 0.717) is 12.2 Å². The molecule has 0 aliphatic carbocycles. The molecule has 0 unspecified atom stereocenters. The van der Waals surface area contributed by atoms with Crippen molar-refractivity contribution in [3.8, 4) is 11.5 Å². The molecule has 1 aromatic carbocycles. The van der Waals surface area contributed by atoms with Crippen molar-refractivity contribution in [3.63, 3.8) is 0 Å². The summed E-state index contributed by atoms with van der Waals surface area (Å²) >= 11 is 0. The Labute approximate surface area is 112 Å². The van der Waals surface area contributed by atoms with E-state index in [9.17, 15) is 18.3 Å². The first-order chi connectivity index (χ1) is 8.83. The minimum Gasteiger partial charge on any atom is -0.507 e. The SMILES string of the molecule is COc1ccc(C(=O)NCCCS(C)(=O)=O)c(O)c1. The van der Waals surface area contributed by atoms with Gasteiger partial charge in [0.05, 0.1) is 18.4 Å². The maximum atomic E-state index is 11.7. The summed E-state index contributed by atoms with van der Waals surface area (Å²) in [5.74, 6) is -0.165. The van der Waals surface area contributed by atoms with Crippen molar-refractivity contribution in [1.29, 1.82) is 0 Å².